The van der Waals surface area contributed by atoms with E-state index in [4.69, 9.17) is 14.5 Å². The summed E-state index contributed by atoms with van der Waals surface area (Å²) in [4.78, 5) is 53.3. The molecule has 0 aliphatic carbocycles. The first-order chi connectivity index (χ1) is 21.7. The van der Waals surface area contributed by atoms with E-state index in [0.717, 1.165) is 54.8 Å². The summed E-state index contributed by atoms with van der Waals surface area (Å²) in [5.74, 6) is 0.690. The molecule has 1 atom stereocenters. The first-order valence-corrected chi connectivity index (χ1v) is 15.6. The van der Waals surface area contributed by atoms with Crippen LogP contribution in [0.25, 0.3) is 22.4 Å². The molecular formula is C34H40N6O5. The number of aromatic nitrogens is 3. The lowest BCUT2D eigenvalue weighted by Crippen LogP contribution is -2.32. The molecule has 2 aromatic carbocycles. The predicted octanol–water partition coefficient (Wildman–Crippen LogP) is 4.40. The maximum atomic E-state index is 13.2. The minimum absolute atomic E-state index is 0.0253. The Hall–Kier alpha value is -4.64. The number of H-pyrrole nitrogens is 2. The van der Waals surface area contributed by atoms with Gasteiger partial charge >= 0.3 is 5.97 Å². The second kappa shape index (κ2) is 13.2. The molecule has 1 fully saturated rings. The van der Waals surface area contributed by atoms with Crippen molar-refractivity contribution in [3.8, 4) is 17.1 Å². The molecule has 11 nitrogen and oxygen atoms in total. The fourth-order valence-corrected chi connectivity index (χ4v) is 6.27. The van der Waals surface area contributed by atoms with Crippen molar-refractivity contribution in [1.82, 2.24) is 24.8 Å². The number of carbonyl (C=O) groups is 2. The summed E-state index contributed by atoms with van der Waals surface area (Å²) >= 11 is 0. The molecule has 236 valence electrons. The molecule has 4 heterocycles. The number of imidazole rings is 1. The molecule has 0 radical (unpaired) electrons. The fraction of sp³-hybridized carbons (Fsp3) is 0.412. The lowest BCUT2D eigenvalue weighted by molar-refractivity contribution is -0.147. The first kappa shape index (κ1) is 30.4. The van der Waals surface area contributed by atoms with Crippen LogP contribution in [0.5, 0.6) is 5.75 Å². The predicted molar refractivity (Wildman–Crippen MR) is 173 cm³/mol. The molecule has 0 bridgehead atoms. The number of carbonyl (C=O) groups excluding carboxylic acids is 2. The van der Waals surface area contributed by atoms with Gasteiger partial charge in [-0.05, 0) is 88.1 Å². The van der Waals surface area contributed by atoms with E-state index in [1.54, 1.807) is 12.3 Å². The number of fused-ring (bicyclic) bond motifs is 2. The van der Waals surface area contributed by atoms with Crippen LogP contribution in [0.4, 0.5) is 5.69 Å². The van der Waals surface area contributed by atoms with Crippen LogP contribution in [0, 0.1) is 13.8 Å². The van der Waals surface area contributed by atoms with Crippen LogP contribution in [-0.2, 0) is 16.1 Å². The van der Waals surface area contributed by atoms with Gasteiger partial charge in [0.25, 0.3) is 11.5 Å². The van der Waals surface area contributed by atoms with Gasteiger partial charge in [0.2, 0.25) is 0 Å². The molecule has 11 heteroatoms. The molecular weight excluding hydrogens is 572 g/mol. The second-order valence-electron chi connectivity index (χ2n) is 12.0. The summed E-state index contributed by atoms with van der Waals surface area (Å²) in [5.41, 5.74) is 5.62. The van der Waals surface area contributed by atoms with Gasteiger partial charge < -0.3 is 34.6 Å². The molecule has 3 N–H and O–H groups in total. The number of hydrogen-bond donors (Lipinski definition) is 3. The van der Waals surface area contributed by atoms with E-state index in [1.807, 2.05) is 49.1 Å². The van der Waals surface area contributed by atoms with Crippen LogP contribution in [-0.4, -0.2) is 82.1 Å². The number of amides is 1. The molecule has 6 rings (SSSR count). The highest BCUT2D eigenvalue weighted by molar-refractivity contribution is 6.02. The first-order valence-electron chi connectivity index (χ1n) is 15.6. The van der Waals surface area contributed by atoms with Crippen molar-refractivity contribution in [2.24, 2.45) is 0 Å². The number of likely N-dealkylation sites (tertiary alicyclic amines) is 1. The Morgan fingerprint density at radius 1 is 1.09 bits per heavy atom. The zero-order chi connectivity index (χ0) is 31.5. The van der Waals surface area contributed by atoms with Gasteiger partial charge in [-0.15, -0.1) is 0 Å². The van der Waals surface area contributed by atoms with Gasteiger partial charge in [0.05, 0.1) is 23.3 Å². The van der Waals surface area contributed by atoms with Crippen molar-refractivity contribution >= 4 is 28.6 Å². The Morgan fingerprint density at radius 3 is 2.69 bits per heavy atom. The van der Waals surface area contributed by atoms with E-state index < -0.39 is 12.1 Å². The summed E-state index contributed by atoms with van der Waals surface area (Å²) in [5, 5.41) is 3.26. The zero-order valence-electron chi connectivity index (χ0n) is 26.1. The SMILES string of the molecule is CC(=O)O[C@H](CNc1cc[nH]c(=O)c1-c1nc2cc3c(cc2[nH]1)CN(CCCN1CCCC1)C3=O)COc1ccc(C)cc1C. The van der Waals surface area contributed by atoms with Gasteiger partial charge in [0, 0.05) is 31.8 Å². The molecule has 2 aromatic heterocycles. The Bertz CT molecular complexity index is 1770. The van der Waals surface area contributed by atoms with Gasteiger partial charge in [-0.1, -0.05) is 17.7 Å². The Morgan fingerprint density at radius 2 is 1.91 bits per heavy atom. The smallest absolute Gasteiger partial charge is 0.303 e. The highest BCUT2D eigenvalue weighted by Gasteiger charge is 2.29. The number of aryl methyl sites for hydroxylation is 2. The van der Waals surface area contributed by atoms with Gasteiger partial charge in [0.15, 0.2) is 6.10 Å². The third-order valence-electron chi connectivity index (χ3n) is 8.49. The van der Waals surface area contributed by atoms with Crippen LogP contribution in [0.15, 0.2) is 47.4 Å². The second-order valence-corrected chi connectivity index (χ2v) is 12.0. The van der Waals surface area contributed by atoms with E-state index in [1.165, 1.54) is 19.8 Å². The number of nitrogens with one attached hydrogen (secondary N) is 3. The molecule has 1 amide bonds. The number of aromatic amines is 2. The quantitative estimate of drug-likeness (QED) is 0.201. The number of rotatable bonds is 12. The van der Waals surface area contributed by atoms with Crippen molar-refractivity contribution in [1.29, 1.82) is 0 Å². The van der Waals surface area contributed by atoms with E-state index in [-0.39, 0.29) is 24.6 Å². The van der Waals surface area contributed by atoms with Crippen LogP contribution < -0.4 is 15.6 Å². The van der Waals surface area contributed by atoms with Gasteiger partial charge in [-0.2, -0.15) is 0 Å². The normalized spacial score (nSPS) is 15.4. The molecule has 2 aliphatic rings. The van der Waals surface area contributed by atoms with E-state index in [2.05, 4.69) is 20.2 Å². The van der Waals surface area contributed by atoms with Gasteiger partial charge in [-0.3, -0.25) is 14.4 Å². The molecule has 1 saturated heterocycles. The number of esters is 1. The molecule has 0 unspecified atom stereocenters. The van der Waals surface area contributed by atoms with Crippen molar-refractivity contribution in [3.63, 3.8) is 0 Å². The molecule has 4 aromatic rings. The lowest BCUT2D eigenvalue weighted by Gasteiger charge is -2.20. The number of hydrogen-bond acceptors (Lipinski definition) is 8. The Kier molecular flexibility index (Phi) is 8.88. The van der Waals surface area contributed by atoms with Crippen molar-refractivity contribution < 1.29 is 19.1 Å². The number of ether oxygens (including phenoxy) is 2. The largest absolute Gasteiger partial charge is 0.489 e. The fourth-order valence-electron chi connectivity index (χ4n) is 6.27. The van der Waals surface area contributed by atoms with Crippen molar-refractivity contribution in [3.05, 3.63) is 75.2 Å². The van der Waals surface area contributed by atoms with E-state index >= 15 is 0 Å². The van der Waals surface area contributed by atoms with Crippen molar-refractivity contribution in [2.45, 2.75) is 52.7 Å². The minimum atomic E-state index is -0.613. The molecule has 0 saturated carbocycles. The third kappa shape index (κ3) is 6.88. The summed E-state index contributed by atoms with van der Waals surface area (Å²) < 4.78 is 11.5. The minimum Gasteiger partial charge on any atom is -0.489 e. The number of anilines is 1. The highest BCUT2D eigenvalue weighted by atomic mass is 16.6. The number of benzene rings is 2. The summed E-state index contributed by atoms with van der Waals surface area (Å²) in [6.07, 6.45) is 4.43. The van der Waals surface area contributed by atoms with Crippen LogP contribution in [0.3, 0.4) is 0 Å². The maximum Gasteiger partial charge on any atom is 0.303 e. The number of nitrogens with zero attached hydrogens (tertiary/aromatic N) is 3. The van der Waals surface area contributed by atoms with Crippen LogP contribution in [0.2, 0.25) is 0 Å². The lowest BCUT2D eigenvalue weighted by atomic mass is 10.1. The average molecular weight is 613 g/mol. The van der Waals surface area contributed by atoms with Crippen LogP contribution >= 0.6 is 0 Å². The van der Waals surface area contributed by atoms with Crippen molar-refractivity contribution in [2.75, 3.05) is 44.6 Å². The van der Waals surface area contributed by atoms with E-state index in [9.17, 15) is 14.4 Å². The highest BCUT2D eigenvalue weighted by Crippen LogP contribution is 2.30. The molecule has 2 aliphatic heterocycles. The summed E-state index contributed by atoms with van der Waals surface area (Å²) in [7, 11) is 0. The summed E-state index contributed by atoms with van der Waals surface area (Å²) in [6, 6.07) is 11.4. The van der Waals surface area contributed by atoms with Gasteiger partial charge in [0.1, 0.15) is 23.7 Å². The van der Waals surface area contributed by atoms with Gasteiger partial charge in [-0.25, -0.2) is 4.98 Å². The summed E-state index contributed by atoms with van der Waals surface area (Å²) in [6.45, 7) is 10.3. The maximum absolute atomic E-state index is 13.2. The monoisotopic (exact) mass is 612 g/mol. The zero-order valence-corrected chi connectivity index (χ0v) is 26.1. The standard InChI is InChI=1S/C34H40N6O5/c1-21-7-8-30(22(2)15-21)44-20-25(45-23(3)41)18-36-27-9-10-35-33(42)31(27)32-37-28-16-24-19-40(14-6-13-39-11-4-5-12-39)34(43)26(24)17-29(28)38-32/h7-10,15-17,25H,4-6,11-14,18-20H2,1-3H3,(H,37,38)(H2,35,36,42)/t25-/m1/s1. The topological polar surface area (TPSA) is 133 Å². The average Bonchev–Trinajstić information content (AvgIpc) is 3.73. The Labute approximate surface area is 261 Å². The van der Waals surface area contributed by atoms with Crippen LogP contribution in [0.1, 0.15) is 53.2 Å². The Balaban J connectivity index is 1.16. The van der Waals surface area contributed by atoms with E-state index in [0.29, 0.717) is 40.4 Å². The third-order valence-corrected chi connectivity index (χ3v) is 8.49. The molecule has 0 spiro atoms. The number of pyridine rings is 1. The molecule has 45 heavy (non-hydrogen) atoms.